The molecule has 0 saturated heterocycles. The molecular weight excluding hydrogens is 757 g/mol. The second-order valence-electron chi connectivity index (χ2n) is 14.6. The van der Waals surface area contributed by atoms with Crippen LogP contribution in [0.25, 0.3) is 36.5 Å². The van der Waals surface area contributed by atoms with Gasteiger partial charge in [-0.15, -0.1) is 0 Å². The third kappa shape index (κ3) is 10.4. The molecule has 62 heavy (non-hydrogen) atoms. The quantitative estimate of drug-likeness (QED) is 0.0761. The van der Waals surface area contributed by atoms with Crippen molar-refractivity contribution in [3.63, 3.8) is 0 Å². The first-order valence-electron chi connectivity index (χ1n) is 20.7. The van der Waals surface area contributed by atoms with Crippen LogP contribution in [0.1, 0.15) is 33.4 Å². The average molecular weight is 805 g/mol. The van der Waals surface area contributed by atoms with Crippen molar-refractivity contribution in [1.82, 2.24) is 0 Å². The van der Waals surface area contributed by atoms with Crippen molar-refractivity contribution in [2.75, 3.05) is 24.0 Å². The summed E-state index contributed by atoms with van der Waals surface area (Å²) in [5.74, 6) is 1.69. The fourth-order valence-corrected chi connectivity index (χ4v) is 7.21. The van der Waals surface area contributed by atoms with Gasteiger partial charge in [0.05, 0.1) is 19.9 Å². The zero-order chi connectivity index (χ0) is 42.4. The van der Waals surface area contributed by atoms with E-state index in [1.165, 1.54) is 0 Å². The second kappa shape index (κ2) is 20.3. The van der Waals surface area contributed by atoms with E-state index in [-0.39, 0.29) is 0 Å². The number of allylic oxidation sites excluding steroid dienone is 2. The summed E-state index contributed by atoms with van der Waals surface area (Å²) in [6.45, 7) is 0. The Labute approximate surface area is 365 Å². The van der Waals surface area contributed by atoms with E-state index in [0.717, 1.165) is 79.0 Å². The topological polar surface area (TPSA) is 24.9 Å². The molecule has 0 fully saturated rings. The van der Waals surface area contributed by atoms with Crippen molar-refractivity contribution in [1.29, 1.82) is 0 Å². The van der Waals surface area contributed by atoms with E-state index in [9.17, 15) is 0 Å². The molecule has 0 unspecified atom stereocenters. The lowest BCUT2D eigenvalue weighted by Gasteiger charge is -2.30. The van der Waals surface area contributed by atoms with Gasteiger partial charge >= 0.3 is 0 Å². The van der Waals surface area contributed by atoms with Gasteiger partial charge in [0.15, 0.2) is 0 Å². The molecule has 0 aliphatic heterocycles. The van der Waals surface area contributed by atoms with Crippen LogP contribution in [0, 0.1) is 0 Å². The van der Waals surface area contributed by atoms with Crippen molar-refractivity contribution < 1.29 is 9.47 Å². The van der Waals surface area contributed by atoms with Gasteiger partial charge in [-0.3, -0.25) is 0 Å². The number of benzene rings is 8. The van der Waals surface area contributed by atoms with Gasteiger partial charge in [-0.05, 0) is 118 Å². The zero-order valence-electron chi connectivity index (χ0n) is 35.0. The largest absolute Gasteiger partial charge is 0.497 e. The number of ether oxygens (including phenoxy) is 2. The summed E-state index contributed by atoms with van der Waals surface area (Å²) in [5, 5.41) is 0. The molecule has 0 aromatic heterocycles. The van der Waals surface area contributed by atoms with E-state index >= 15 is 0 Å². The van der Waals surface area contributed by atoms with Crippen molar-refractivity contribution in [2.24, 2.45) is 0 Å². The standard InChI is InChI=1S/C58H48N2O2/c1-61-56-40-30-48(31-41-56)24-22-46-26-35-53(36-27-46)59(51-18-8-4-9-19-51)55-39-34-50(17-13-12-16-45-14-6-3-7-15-45)58(44-55)60(52-20-10-5-11-21-52)54-37-28-47(29-38-54)23-25-49-32-42-57(62-2)43-33-49/h3-44H,1-2H3/b16-12+,17-13+,24-22+,25-23+. The highest BCUT2D eigenvalue weighted by molar-refractivity contribution is 5.88. The molecule has 0 heterocycles. The van der Waals surface area contributed by atoms with Crippen LogP contribution in [0.15, 0.2) is 218 Å². The van der Waals surface area contributed by atoms with Crippen LogP contribution < -0.4 is 19.3 Å². The molecule has 302 valence electrons. The second-order valence-corrected chi connectivity index (χ2v) is 14.6. The molecule has 0 bridgehead atoms. The van der Waals surface area contributed by atoms with Crippen molar-refractivity contribution in [2.45, 2.75) is 0 Å². The van der Waals surface area contributed by atoms with E-state index in [1.807, 2.05) is 30.3 Å². The molecule has 0 aliphatic rings. The van der Waals surface area contributed by atoms with Gasteiger partial charge in [0.1, 0.15) is 11.5 Å². The first-order chi connectivity index (χ1) is 30.6. The Hall–Kier alpha value is -8.08. The molecule has 0 amide bonds. The predicted molar refractivity (Wildman–Crippen MR) is 264 cm³/mol. The highest BCUT2D eigenvalue weighted by Gasteiger charge is 2.19. The normalized spacial score (nSPS) is 11.5. The number of para-hydroxylation sites is 2. The summed E-state index contributed by atoms with van der Waals surface area (Å²) in [7, 11) is 3.37. The van der Waals surface area contributed by atoms with Gasteiger partial charge in [0.25, 0.3) is 0 Å². The lowest BCUT2D eigenvalue weighted by Crippen LogP contribution is -2.14. The van der Waals surface area contributed by atoms with Gasteiger partial charge in [0.2, 0.25) is 0 Å². The minimum absolute atomic E-state index is 0.844. The van der Waals surface area contributed by atoms with E-state index in [4.69, 9.17) is 9.47 Å². The zero-order valence-corrected chi connectivity index (χ0v) is 35.0. The molecule has 0 atom stereocenters. The van der Waals surface area contributed by atoms with E-state index in [0.29, 0.717) is 0 Å². The monoisotopic (exact) mass is 804 g/mol. The predicted octanol–water partition coefficient (Wildman–Crippen LogP) is 15.7. The van der Waals surface area contributed by atoms with Gasteiger partial charge in [-0.1, -0.05) is 170 Å². The smallest absolute Gasteiger partial charge is 0.118 e. The van der Waals surface area contributed by atoms with Crippen molar-refractivity contribution in [3.05, 3.63) is 252 Å². The number of rotatable bonds is 15. The molecule has 0 radical (unpaired) electrons. The number of nitrogens with zero attached hydrogens (tertiary/aromatic N) is 2. The number of hydrogen-bond donors (Lipinski definition) is 0. The Balaban J connectivity index is 1.19. The summed E-state index contributed by atoms with van der Waals surface area (Å²) in [5.41, 5.74) is 13.0. The third-order valence-electron chi connectivity index (χ3n) is 10.5. The SMILES string of the molecule is COc1ccc(/C=C/c2ccc(N(c3ccccc3)c3ccc(/C=C/C=C/c4ccccc4)c(N(c4ccccc4)c4ccc(/C=C/c5ccc(OC)cc5)cc4)c3)cc2)cc1. The third-order valence-corrected chi connectivity index (χ3v) is 10.5. The minimum atomic E-state index is 0.844. The molecule has 0 spiro atoms. The maximum Gasteiger partial charge on any atom is 0.118 e. The summed E-state index contributed by atoms with van der Waals surface area (Å²) >= 11 is 0. The van der Waals surface area contributed by atoms with E-state index in [1.54, 1.807) is 14.2 Å². The van der Waals surface area contributed by atoms with Gasteiger partial charge < -0.3 is 19.3 Å². The molecular formula is C58H48N2O2. The summed E-state index contributed by atoms with van der Waals surface area (Å²) < 4.78 is 10.7. The molecule has 8 aromatic carbocycles. The van der Waals surface area contributed by atoms with Crippen molar-refractivity contribution >= 4 is 70.6 Å². The molecule has 8 aromatic rings. The summed E-state index contributed by atoms with van der Waals surface area (Å²) in [4.78, 5) is 4.66. The van der Waals surface area contributed by atoms with Gasteiger partial charge in [0, 0.05) is 28.4 Å². The number of hydrogen-bond acceptors (Lipinski definition) is 4. The highest BCUT2D eigenvalue weighted by atomic mass is 16.5. The first kappa shape index (κ1) is 40.7. The number of methoxy groups -OCH3 is 2. The number of anilines is 6. The summed E-state index contributed by atoms with van der Waals surface area (Å²) in [6.07, 6.45) is 17.1. The highest BCUT2D eigenvalue weighted by Crippen LogP contribution is 2.42. The lowest BCUT2D eigenvalue weighted by molar-refractivity contribution is 0.414. The van der Waals surface area contributed by atoms with Crippen LogP contribution in [0.4, 0.5) is 34.1 Å². The lowest BCUT2D eigenvalue weighted by atomic mass is 10.0. The van der Waals surface area contributed by atoms with Gasteiger partial charge in [-0.2, -0.15) is 0 Å². The van der Waals surface area contributed by atoms with Crippen LogP contribution in [0.2, 0.25) is 0 Å². The maximum atomic E-state index is 5.35. The fourth-order valence-electron chi connectivity index (χ4n) is 7.21. The molecule has 0 aliphatic carbocycles. The summed E-state index contributed by atoms with van der Waals surface area (Å²) in [6, 6.07) is 71.9. The Kier molecular flexibility index (Phi) is 13.3. The van der Waals surface area contributed by atoms with Crippen LogP contribution in [-0.4, -0.2) is 14.2 Å². The Morgan fingerprint density at radius 3 is 1.13 bits per heavy atom. The van der Waals surface area contributed by atoms with Crippen LogP contribution >= 0.6 is 0 Å². The van der Waals surface area contributed by atoms with Gasteiger partial charge in [-0.25, -0.2) is 0 Å². The fraction of sp³-hybridized carbons (Fsp3) is 0.0345. The van der Waals surface area contributed by atoms with E-state index in [2.05, 4.69) is 234 Å². The Morgan fingerprint density at radius 2 is 0.661 bits per heavy atom. The molecule has 4 nitrogen and oxygen atoms in total. The molecule has 4 heteroatoms. The van der Waals surface area contributed by atoms with Crippen LogP contribution in [0.3, 0.4) is 0 Å². The minimum Gasteiger partial charge on any atom is -0.497 e. The molecule has 0 saturated carbocycles. The van der Waals surface area contributed by atoms with Crippen LogP contribution in [0.5, 0.6) is 11.5 Å². The van der Waals surface area contributed by atoms with Crippen molar-refractivity contribution in [3.8, 4) is 11.5 Å². The average Bonchev–Trinajstić information content (AvgIpc) is 3.34. The molecule has 0 N–H and O–H groups in total. The first-order valence-corrected chi connectivity index (χ1v) is 20.7. The maximum absolute atomic E-state index is 5.35. The van der Waals surface area contributed by atoms with Crippen LogP contribution in [-0.2, 0) is 0 Å². The van der Waals surface area contributed by atoms with E-state index < -0.39 is 0 Å². The molecule has 8 rings (SSSR count). The Bertz CT molecular complexity index is 2760. The Morgan fingerprint density at radius 1 is 0.306 bits per heavy atom.